The molecule has 1 aliphatic rings. The van der Waals surface area contributed by atoms with Crippen LogP contribution in [0, 0.1) is 5.92 Å². The number of carbonyl (C=O) groups excluding carboxylic acids is 2. The van der Waals surface area contributed by atoms with Crippen LogP contribution in [0.3, 0.4) is 0 Å². The zero-order chi connectivity index (χ0) is 17.8. The second-order valence-electron chi connectivity index (χ2n) is 8.24. The van der Waals surface area contributed by atoms with Gasteiger partial charge in [0.15, 0.2) is 0 Å². The van der Waals surface area contributed by atoms with Crippen LogP contribution in [0.2, 0.25) is 0 Å². The minimum Gasteiger partial charge on any atom is -0.444 e. The maximum atomic E-state index is 12.3. The second-order valence-corrected chi connectivity index (χ2v) is 8.24. The lowest BCUT2D eigenvalue weighted by Gasteiger charge is -2.38. The van der Waals surface area contributed by atoms with Gasteiger partial charge in [-0.15, -0.1) is 0 Å². The molecule has 0 aromatic heterocycles. The topological polar surface area (TPSA) is 67.9 Å². The number of hydrogen-bond acceptors (Lipinski definition) is 4. The number of nitrogens with zero attached hydrogens (tertiary/aromatic N) is 1. The quantitative estimate of drug-likeness (QED) is 0.842. The fourth-order valence-electron chi connectivity index (χ4n) is 2.55. The largest absolute Gasteiger partial charge is 0.444 e. The molecule has 6 heteroatoms. The molecule has 0 aromatic rings. The fraction of sp³-hybridized carbons (Fsp3) is 0.882. The van der Waals surface area contributed by atoms with E-state index in [2.05, 4.69) is 12.2 Å². The fourth-order valence-corrected chi connectivity index (χ4v) is 2.55. The van der Waals surface area contributed by atoms with E-state index in [0.717, 1.165) is 12.8 Å². The Balaban J connectivity index is 2.67. The molecule has 1 fully saturated rings. The molecule has 0 bridgehead atoms. The lowest BCUT2D eigenvalue weighted by molar-refractivity contribution is 0.00973. The third-order valence-corrected chi connectivity index (χ3v) is 3.49. The highest BCUT2D eigenvalue weighted by molar-refractivity contribution is 5.70. The summed E-state index contributed by atoms with van der Waals surface area (Å²) in [6, 6.07) is -0.115. The van der Waals surface area contributed by atoms with Gasteiger partial charge in [-0.3, -0.25) is 0 Å². The molecule has 23 heavy (non-hydrogen) atoms. The first-order chi connectivity index (χ1) is 10.4. The summed E-state index contributed by atoms with van der Waals surface area (Å²) >= 11 is 0. The first-order valence-electron chi connectivity index (χ1n) is 8.37. The van der Waals surface area contributed by atoms with E-state index in [0.29, 0.717) is 19.0 Å². The van der Waals surface area contributed by atoms with E-state index in [-0.39, 0.29) is 12.1 Å². The van der Waals surface area contributed by atoms with Crippen molar-refractivity contribution in [1.82, 2.24) is 10.2 Å². The number of nitrogens with one attached hydrogen (secondary N) is 1. The molecule has 0 spiro atoms. The van der Waals surface area contributed by atoms with Crippen molar-refractivity contribution >= 4 is 12.2 Å². The predicted octanol–water partition coefficient (Wildman–Crippen LogP) is 3.55. The molecular formula is C17H32N2O4. The Labute approximate surface area is 139 Å². The van der Waals surface area contributed by atoms with Gasteiger partial charge in [0.2, 0.25) is 0 Å². The summed E-state index contributed by atoms with van der Waals surface area (Å²) in [5.74, 6) is 0.344. The molecule has 0 aliphatic carbocycles. The lowest BCUT2D eigenvalue weighted by atomic mass is 9.92. The Morgan fingerprint density at radius 1 is 1.04 bits per heavy atom. The molecule has 6 nitrogen and oxygen atoms in total. The predicted molar refractivity (Wildman–Crippen MR) is 89.4 cm³/mol. The second kappa shape index (κ2) is 7.41. The summed E-state index contributed by atoms with van der Waals surface area (Å²) in [4.78, 5) is 25.9. The van der Waals surface area contributed by atoms with Crippen molar-refractivity contribution < 1.29 is 19.1 Å². The van der Waals surface area contributed by atoms with Crippen molar-refractivity contribution in [2.24, 2.45) is 5.92 Å². The summed E-state index contributed by atoms with van der Waals surface area (Å²) in [7, 11) is 0. The molecule has 1 aliphatic heterocycles. The Morgan fingerprint density at radius 3 is 2.09 bits per heavy atom. The number of piperidine rings is 1. The molecular weight excluding hydrogens is 296 g/mol. The maximum Gasteiger partial charge on any atom is 0.410 e. The van der Waals surface area contributed by atoms with Gasteiger partial charge in [-0.1, -0.05) is 13.3 Å². The van der Waals surface area contributed by atoms with Gasteiger partial charge in [-0.2, -0.15) is 0 Å². The van der Waals surface area contributed by atoms with E-state index in [4.69, 9.17) is 9.47 Å². The summed E-state index contributed by atoms with van der Waals surface area (Å²) in [5, 5.41) is 2.88. The van der Waals surface area contributed by atoms with Crippen molar-refractivity contribution in [2.75, 3.05) is 13.1 Å². The number of ether oxygens (including phenoxy) is 2. The Kier molecular flexibility index (Phi) is 6.31. The van der Waals surface area contributed by atoms with Gasteiger partial charge in [-0.25, -0.2) is 9.59 Å². The molecule has 0 saturated carbocycles. The van der Waals surface area contributed by atoms with Crippen molar-refractivity contribution in [3.63, 3.8) is 0 Å². The van der Waals surface area contributed by atoms with Gasteiger partial charge >= 0.3 is 12.2 Å². The lowest BCUT2D eigenvalue weighted by Crippen LogP contribution is -2.54. The number of alkyl carbamates (subject to hydrolysis) is 1. The molecule has 1 rings (SSSR count). The van der Waals surface area contributed by atoms with Crippen LogP contribution in [0.5, 0.6) is 0 Å². The molecule has 0 aromatic carbocycles. The van der Waals surface area contributed by atoms with Gasteiger partial charge in [0.1, 0.15) is 11.2 Å². The van der Waals surface area contributed by atoms with E-state index < -0.39 is 17.3 Å². The SMILES string of the molecule is CCC1CC(NC(=O)OC(C)(C)C)CN(C(=O)OC(C)(C)C)C1. The third kappa shape index (κ3) is 7.57. The molecule has 2 amide bonds. The normalized spacial score (nSPS) is 22.5. The van der Waals surface area contributed by atoms with Gasteiger partial charge < -0.3 is 19.7 Å². The summed E-state index contributed by atoms with van der Waals surface area (Å²) in [6.07, 6.45) is 1.02. The zero-order valence-corrected chi connectivity index (χ0v) is 15.6. The minimum atomic E-state index is -0.534. The van der Waals surface area contributed by atoms with Gasteiger partial charge in [-0.05, 0) is 53.9 Å². The van der Waals surface area contributed by atoms with E-state index >= 15 is 0 Å². The highest BCUT2D eigenvalue weighted by atomic mass is 16.6. The van der Waals surface area contributed by atoms with E-state index in [9.17, 15) is 9.59 Å². The van der Waals surface area contributed by atoms with Crippen molar-refractivity contribution in [3.05, 3.63) is 0 Å². The molecule has 1 N–H and O–H groups in total. The van der Waals surface area contributed by atoms with Crippen molar-refractivity contribution in [3.8, 4) is 0 Å². The smallest absolute Gasteiger partial charge is 0.410 e. The molecule has 0 radical (unpaired) electrons. The van der Waals surface area contributed by atoms with E-state index in [1.165, 1.54) is 0 Å². The first-order valence-corrected chi connectivity index (χ1v) is 8.37. The Hall–Kier alpha value is -1.46. The highest BCUT2D eigenvalue weighted by Crippen LogP contribution is 2.22. The summed E-state index contributed by atoms with van der Waals surface area (Å²) < 4.78 is 10.7. The van der Waals surface area contributed by atoms with Crippen LogP contribution in [0.1, 0.15) is 61.3 Å². The number of hydrogen-bond donors (Lipinski definition) is 1. The van der Waals surface area contributed by atoms with E-state index in [1.807, 2.05) is 41.5 Å². The minimum absolute atomic E-state index is 0.115. The van der Waals surface area contributed by atoms with Gasteiger partial charge in [0.05, 0.1) is 6.04 Å². The Morgan fingerprint density at radius 2 is 1.61 bits per heavy atom. The molecule has 1 saturated heterocycles. The number of likely N-dealkylation sites (tertiary alicyclic amines) is 1. The number of carbonyl (C=O) groups is 2. The Bertz CT molecular complexity index is 423. The first kappa shape index (κ1) is 19.6. The molecule has 2 unspecified atom stereocenters. The van der Waals surface area contributed by atoms with Crippen LogP contribution >= 0.6 is 0 Å². The number of amides is 2. The van der Waals surface area contributed by atoms with Crippen LogP contribution in [-0.2, 0) is 9.47 Å². The molecule has 1 heterocycles. The average molecular weight is 328 g/mol. The average Bonchev–Trinajstić information content (AvgIpc) is 2.33. The molecule has 134 valence electrons. The monoisotopic (exact) mass is 328 g/mol. The standard InChI is InChI=1S/C17H32N2O4/c1-8-12-9-13(18-14(20)22-16(2,3)4)11-19(10-12)15(21)23-17(5,6)7/h12-13H,8-11H2,1-7H3,(H,18,20). The van der Waals surface area contributed by atoms with Crippen LogP contribution in [0.25, 0.3) is 0 Å². The number of rotatable bonds is 2. The summed E-state index contributed by atoms with van der Waals surface area (Å²) in [6.45, 7) is 14.2. The van der Waals surface area contributed by atoms with Crippen LogP contribution in [-0.4, -0.2) is 47.4 Å². The van der Waals surface area contributed by atoms with E-state index in [1.54, 1.807) is 4.90 Å². The maximum absolute atomic E-state index is 12.3. The molecule has 2 atom stereocenters. The van der Waals surface area contributed by atoms with Crippen LogP contribution < -0.4 is 5.32 Å². The van der Waals surface area contributed by atoms with Gasteiger partial charge in [0, 0.05) is 13.1 Å². The van der Waals surface area contributed by atoms with Crippen LogP contribution in [0.15, 0.2) is 0 Å². The van der Waals surface area contributed by atoms with Crippen LogP contribution in [0.4, 0.5) is 9.59 Å². The summed E-state index contributed by atoms with van der Waals surface area (Å²) in [5.41, 5.74) is -1.06. The zero-order valence-electron chi connectivity index (χ0n) is 15.6. The highest BCUT2D eigenvalue weighted by Gasteiger charge is 2.33. The third-order valence-electron chi connectivity index (χ3n) is 3.49. The van der Waals surface area contributed by atoms with Crippen molar-refractivity contribution in [2.45, 2.75) is 78.6 Å². The van der Waals surface area contributed by atoms with Crippen molar-refractivity contribution in [1.29, 1.82) is 0 Å². The van der Waals surface area contributed by atoms with Gasteiger partial charge in [0.25, 0.3) is 0 Å².